The summed E-state index contributed by atoms with van der Waals surface area (Å²) in [6, 6.07) is -4.20. The summed E-state index contributed by atoms with van der Waals surface area (Å²) in [6.07, 6.45) is 3.42. The molecule has 1 aromatic heterocycles. The third kappa shape index (κ3) is 48.6. The summed E-state index contributed by atoms with van der Waals surface area (Å²) in [6.45, 7) is 25.5. The number of carbonyl (C=O) groups is 15. The number of benzene rings is 2. The second-order valence-corrected chi connectivity index (χ2v) is 39.2. The van der Waals surface area contributed by atoms with Gasteiger partial charge in [-0.15, -0.1) is 0 Å². The molecule has 3 rings (SSSR count). The molecule has 0 radical (unpaired) electrons. The molecule has 1 heterocycles. The fraction of sp³-hybridized carbons (Fsp3) is 0.660. The van der Waals surface area contributed by atoms with Crippen LogP contribution in [0.2, 0.25) is 0 Å². The molecule has 802 valence electrons. The molecule has 0 fully saturated rings. The lowest BCUT2D eigenvalue weighted by Gasteiger charge is -2.30. The van der Waals surface area contributed by atoms with Gasteiger partial charge < -0.3 is 147 Å². The van der Waals surface area contributed by atoms with Gasteiger partial charge in [-0.2, -0.15) is 0 Å². The van der Waals surface area contributed by atoms with Crippen molar-refractivity contribution in [3.8, 4) is 0 Å². The van der Waals surface area contributed by atoms with Gasteiger partial charge in [0.25, 0.3) is 0 Å². The van der Waals surface area contributed by atoms with Crippen molar-refractivity contribution in [2.75, 3.05) is 39.3 Å². The zero-order valence-electron chi connectivity index (χ0n) is 86.0. The molecule has 46 nitrogen and oxygen atoms in total. The quantitative estimate of drug-likeness (QED) is 0.0179. The number of rotatable bonds is 70. The van der Waals surface area contributed by atoms with Crippen LogP contribution in [0.15, 0.2) is 60.8 Å². The van der Waals surface area contributed by atoms with E-state index in [2.05, 4.69) is 101 Å². The smallest absolute Gasteiger partial charge is 0.243 e. The average Bonchev–Trinajstić information content (AvgIpc) is 1.70. The number of fused-ring (bicyclic) bond motifs is 1. The first kappa shape index (κ1) is 124. The highest BCUT2D eigenvalue weighted by Gasteiger charge is 2.41. The number of hydrogen-bond donors (Lipinski definition) is 31. The number of guanidine groups is 4. The van der Waals surface area contributed by atoms with Crippen LogP contribution in [0.5, 0.6) is 0 Å². The Balaban J connectivity index is 2.12. The van der Waals surface area contributed by atoms with Gasteiger partial charge in [0.2, 0.25) is 88.6 Å². The third-order valence-corrected chi connectivity index (χ3v) is 23.8. The largest absolute Gasteiger partial charge is 0.370 e. The van der Waals surface area contributed by atoms with Crippen molar-refractivity contribution in [1.29, 1.82) is 21.6 Å². The first-order valence-electron chi connectivity index (χ1n) is 50.1. The van der Waals surface area contributed by atoms with E-state index in [0.29, 0.717) is 36.8 Å². The molecule has 16 atom stereocenters. The van der Waals surface area contributed by atoms with Crippen LogP contribution in [0.1, 0.15) is 236 Å². The van der Waals surface area contributed by atoms with E-state index < -0.39 is 209 Å². The van der Waals surface area contributed by atoms with Crippen LogP contribution in [-0.4, -0.2) is 247 Å². The predicted molar refractivity (Wildman–Crippen MR) is 550 cm³/mol. The maximum Gasteiger partial charge on any atom is 0.243 e. The molecule has 0 aliphatic carbocycles. The highest BCUT2D eigenvalue weighted by atomic mass is 16.2. The molecule has 0 saturated heterocycles. The van der Waals surface area contributed by atoms with Crippen LogP contribution in [-0.2, 0) is 84.8 Å². The van der Waals surface area contributed by atoms with Gasteiger partial charge in [0.15, 0.2) is 23.8 Å². The number of hydrogen-bond acceptors (Lipinski definition) is 22. The minimum Gasteiger partial charge on any atom is -0.370 e. The Hall–Kier alpha value is -13.0. The highest BCUT2D eigenvalue weighted by molar-refractivity contribution is 6.01. The van der Waals surface area contributed by atoms with Gasteiger partial charge >= 0.3 is 0 Å². The Morgan fingerprint density at radius 2 is 0.587 bits per heavy atom. The molecule has 0 aliphatic rings. The molecular weight excluding hydrogens is 1840 g/mol. The standard InChI is InChI=1S/C97H169N31O15/c1-15-59(14)78(93(143)120-69(37-27-43-112-96(106)107)82(132)116-68(36-26-42-111-95(104)105)84(134)124-73(48-56(8)9)88(138)125-72(47-55(6)7)87(137)119-70(38-28-44-113-97(108)109)85(135)127-77(58(12)13)92(142)121-71(79(101)129)46-54(4)5)128-86(136)66(34-22-24-40-99)115-81(131)67(35-25-41-110-94(102)103)118-90(140)75(50-60-29-17-16-18-30-60)126-89(139)74(49-57(10)11)123-83(133)65(33-21-23-39-98)117-91(141)76(122-80(130)63(100)45-53(2)3)51-61-52-114-64-32-20-19-31-62(61)64/h16-20,29-32,52-59,63,65-78,114H,15,21-28,33-51,98-100H2,1-14H3,(H2,101,129)(H,115,131)(H,116,132)(H,117,141)(H,118,140)(H,119,137)(H,120,143)(H,121,142)(H,122,130)(H,123,133)(H,124,134)(H,125,138)(H,126,139)(H,127,135)(H,128,136)(H4,102,103,110)(H4,104,105,111)(H4,106,107,112)(H4,108,109,113)/t59-,63-,65-,66-,67-,68-,69-,70-,71-,72-,73-,74-,75-,76-,77-,78-/m0/s1. The maximum atomic E-state index is 15.3. The van der Waals surface area contributed by atoms with E-state index in [1.54, 1.807) is 91.9 Å². The van der Waals surface area contributed by atoms with Gasteiger partial charge in [0, 0.05) is 56.1 Å². The molecule has 3 aromatic rings. The molecule has 0 bridgehead atoms. The number of nitrogens with one attached hydrogen (secondary N) is 23. The van der Waals surface area contributed by atoms with Gasteiger partial charge in [-0.05, 0) is 194 Å². The fourth-order valence-corrected chi connectivity index (χ4v) is 15.9. The number of unbranched alkanes of at least 4 members (excludes halogenated alkanes) is 2. The number of nitrogens with two attached hydrogens (primary N) is 8. The summed E-state index contributed by atoms with van der Waals surface area (Å²) in [5.74, 6) is -15.9. The van der Waals surface area contributed by atoms with Gasteiger partial charge in [-0.3, -0.25) is 93.6 Å². The Morgan fingerprint density at radius 1 is 0.308 bits per heavy atom. The summed E-state index contributed by atoms with van der Waals surface area (Å²) < 4.78 is 0. The van der Waals surface area contributed by atoms with E-state index >= 15 is 33.6 Å². The van der Waals surface area contributed by atoms with Crippen molar-refractivity contribution < 1.29 is 71.9 Å². The van der Waals surface area contributed by atoms with Crippen LogP contribution in [0.3, 0.4) is 0 Å². The van der Waals surface area contributed by atoms with Crippen molar-refractivity contribution in [2.45, 2.75) is 329 Å². The monoisotopic (exact) mass is 2010 g/mol. The van der Waals surface area contributed by atoms with E-state index in [0.717, 1.165) is 10.9 Å². The average molecular weight is 2010 g/mol. The summed E-state index contributed by atoms with van der Waals surface area (Å²) >= 11 is 0. The first-order valence-corrected chi connectivity index (χ1v) is 50.1. The van der Waals surface area contributed by atoms with Crippen molar-refractivity contribution in [1.82, 2.24) is 101 Å². The number of aromatic amines is 1. The number of aromatic nitrogens is 1. The zero-order chi connectivity index (χ0) is 107. The highest BCUT2D eigenvalue weighted by Crippen LogP contribution is 2.23. The lowest BCUT2D eigenvalue weighted by atomic mass is 9.96. The molecule has 0 aliphatic heterocycles. The molecule has 0 saturated carbocycles. The van der Waals surface area contributed by atoms with E-state index in [1.807, 2.05) is 65.8 Å². The minimum absolute atomic E-state index is 0.000508. The molecule has 15 amide bonds. The summed E-state index contributed by atoms with van der Waals surface area (Å²) in [7, 11) is 0. The SMILES string of the molecule is CC[C@H](C)[C@H](NC(=O)[C@H](CCCCN)NC(=O)[C@H](CCCNC(=N)N)NC(=O)[C@H](Cc1ccccc1)NC(=O)[C@H](CC(C)C)NC(=O)[C@H](CCCCN)NC(=O)[C@H](Cc1c[nH]c2ccccc12)NC(=O)[C@@H](N)CC(C)C)C(=O)N[C@@H](CCCNC(=N)N)C(=O)N[C@@H](CCCNC(=N)N)C(=O)N[C@@H](CC(C)C)C(=O)N[C@@H](CC(C)C)C(=O)N[C@@H](CCCNC(=N)N)C(=O)N[C@H](C(=O)N[C@@H](CC(C)C)C(N)=O)C(C)C. The Kier molecular flexibility index (Phi) is 57.3. The van der Waals surface area contributed by atoms with Crippen LogP contribution >= 0.6 is 0 Å². The van der Waals surface area contributed by atoms with E-state index in [-0.39, 0.29) is 190 Å². The number of para-hydroxylation sites is 1. The van der Waals surface area contributed by atoms with E-state index in [1.165, 1.54) is 0 Å². The molecule has 143 heavy (non-hydrogen) atoms. The molecule has 0 unspecified atom stereocenters. The predicted octanol–water partition coefficient (Wildman–Crippen LogP) is -1.20. The zero-order valence-corrected chi connectivity index (χ0v) is 86.0. The lowest BCUT2D eigenvalue weighted by molar-refractivity contribution is -0.137. The number of H-pyrrole nitrogens is 1. The number of amides is 15. The van der Waals surface area contributed by atoms with Crippen LogP contribution in [0, 0.1) is 63.1 Å². The molecular formula is C97H169N31O15. The molecule has 0 spiro atoms. The van der Waals surface area contributed by atoms with Crippen molar-refractivity contribution in [3.63, 3.8) is 0 Å². The fourth-order valence-electron chi connectivity index (χ4n) is 15.9. The van der Waals surface area contributed by atoms with Gasteiger partial charge in [-0.25, -0.2) is 0 Å². The number of primary amides is 1. The molecule has 46 heteroatoms. The van der Waals surface area contributed by atoms with Crippen LogP contribution in [0.25, 0.3) is 10.9 Å². The second kappa shape index (κ2) is 66.0. The summed E-state index contributed by atoms with van der Waals surface area (Å²) in [5, 5.41) is 81.7. The lowest BCUT2D eigenvalue weighted by Crippen LogP contribution is -2.62. The van der Waals surface area contributed by atoms with Crippen LogP contribution < -0.4 is 142 Å². The van der Waals surface area contributed by atoms with E-state index in [9.17, 15) is 38.4 Å². The summed E-state index contributed by atoms with van der Waals surface area (Å²) in [5.41, 5.74) is 48.5. The van der Waals surface area contributed by atoms with Crippen LogP contribution in [0.4, 0.5) is 0 Å². The molecule has 2 aromatic carbocycles. The molecule has 39 N–H and O–H groups in total. The topological polar surface area (TPSA) is 792 Å². The summed E-state index contributed by atoms with van der Waals surface area (Å²) in [4.78, 5) is 223. The third-order valence-electron chi connectivity index (χ3n) is 23.8. The minimum atomic E-state index is -1.53. The Bertz CT molecular complexity index is 4590. The number of carbonyl (C=O) groups excluding carboxylic acids is 15. The van der Waals surface area contributed by atoms with Gasteiger partial charge in [-0.1, -0.05) is 152 Å². The Morgan fingerprint density at radius 3 is 0.930 bits per heavy atom. The maximum absolute atomic E-state index is 15.3. The van der Waals surface area contributed by atoms with Crippen molar-refractivity contribution >= 4 is 123 Å². The normalized spacial score (nSPS) is 14.7. The van der Waals surface area contributed by atoms with Gasteiger partial charge in [0.1, 0.15) is 84.6 Å². The first-order chi connectivity index (χ1) is 67.5. The van der Waals surface area contributed by atoms with Crippen molar-refractivity contribution in [2.24, 2.45) is 87.3 Å². The van der Waals surface area contributed by atoms with Crippen molar-refractivity contribution in [3.05, 3.63) is 71.9 Å². The van der Waals surface area contributed by atoms with E-state index in [4.69, 9.17) is 67.5 Å². The Labute approximate surface area is 840 Å². The van der Waals surface area contributed by atoms with Gasteiger partial charge in [0.05, 0.1) is 6.04 Å². The second-order valence-electron chi connectivity index (χ2n) is 39.2.